The van der Waals surface area contributed by atoms with Gasteiger partial charge in [-0.3, -0.25) is 14.4 Å². The summed E-state index contributed by atoms with van der Waals surface area (Å²) in [5.74, 6) is -0.898. The fraction of sp³-hybridized carbons (Fsp3) is 0.746. The first-order valence-electron chi connectivity index (χ1n) is 31.1. The monoisotopic (exact) mass is 1020 g/mol. The van der Waals surface area contributed by atoms with Crippen molar-refractivity contribution in [2.45, 2.75) is 309 Å². The maximum absolute atomic E-state index is 12.9. The summed E-state index contributed by atoms with van der Waals surface area (Å²) in [5.41, 5.74) is 0. The molecule has 0 N–H and O–H groups in total. The standard InChI is InChI=1S/C67H116O6/c1-4-7-10-13-16-19-22-25-27-29-30-31-32-33-34-35-36-37-38-39-41-42-45-48-51-54-57-60-66(69)72-63-64(62-71-65(68)59-56-53-50-47-44-24-21-18-15-12-9-6-3)73-67(70)61-58-55-52-49-46-43-40-28-26-23-20-17-14-11-8-5-2/h7,10,16,18-21,23,25,27-28,30-31,40,64H,4-6,8-9,11-15,17,22,24,26,29,32-39,41-63H2,1-3H3/b10-7-,19-16-,21-18-,23-20-,27-25-,31-30-,40-28-. The van der Waals surface area contributed by atoms with Crippen molar-refractivity contribution in [1.29, 1.82) is 0 Å². The van der Waals surface area contributed by atoms with Gasteiger partial charge in [-0.2, -0.15) is 0 Å². The van der Waals surface area contributed by atoms with Crippen molar-refractivity contribution >= 4 is 17.9 Å². The van der Waals surface area contributed by atoms with Gasteiger partial charge in [0.15, 0.2) is 6.10 Å². The minimum atomic E-state index is -0.787. The molecule has 0 aliphatic carbocycles. The molecule has 0 amide bonds. The first-order valence-corrected chi connectivity index (χ1v) is 31.1. The Morgan fingerprint density at radius 2 is 0.534 bits per heavy atom. The average Bonchev–Trinajstić information content (AvgIpc) is 3.39. The van der Waals surface area contributed by atoms with Crippen LogP contribution in [-0.2, 0) is 28.6 Å². The second-order valence-corrected chi connectivity index (χ2v) is 20.6. The van der Waals surface area contributed by atoms with E-state index >= 15 is 0 Å². The topological polar surface area (TPSA) is 78.9 Å². The molecule has 0 radical (unpaired) electrons. The molecular formula is C67H116O6. The van der Waals surface area contributed by atoms with E-state index in [1.807, 2.05) is 0 Å². The van der Waals surface area contributed by atoms with E-state index in [9.17, 15) is 14.4 Å². The molecule has 73 heavy (non-hydrogen) atoms. The van der Waals surface area contributed by atoms with E-state index in [0.717, 1.165) is 116 Å². The molecule has 6 nitrogen and oxygen atoms in total. The van der Waals surface area contributed by atoms with Gasteiger partial charge in [-0.25, -0.2) is 0 Å². The van der Waals surface area contributed by atoms with Crippen LogP contribution in [0.1, 0.15) is 303 Å². The van der Waals surface area contributed by atoms with Crippen LogP contribution in [-0.4, -0.2) is 37.2 Å². The minimum absolute atomic E-state index is 0.0835. The van der Waals surface area contributed by atoms with Gasteiger partial charge < -0.3 is 14.2 Å². The van der Waals surface area contributed by atoms with Crippen molar-refractivity contribution in [2.75, 3.05) is 13.2 Å². The number of ether oxygens (including phenoxy) is 3. The summed E-state index contributed by atoms with van der Waals surface area (Å²) in [6.07, 6.45) is 80.2. The zero-order valence-corrected chi connectivity index (χ0v) is 48.1. The Morgan fingerprint density at radius 1 is 0.288 bits per heavy atom. The van der Waals surface area contributed by atoms with Gasteiger partial charge in [0, 0.05) is 19.3 Å². The summed E-state index contributed by atoms with van der Waals surface area (Å²) in [6.45, 7) is 6.49. The normalized spacial score (nSPS) is 12.6. The Balaban J connectivity index is 4.26. The second-order valence-electron chi connectivity index (χ2n) is 20.6. The number of allylic oxidation sites excluding steroid dienone is 14. The molecule has 0 fully saturated rings. The molecule has 0 aliphatic heterocycles. The van der Waals surface area contributed by atoms with Crippen molar-refractivity contribution in [2.24, 2.45) is 0 Å². The molecule has 420 valence electrons. The molecule has 1 atom stereocenters. The van der Waals surface area contributed by atoms with Crippen LogP contribution >= 0.6 is 0 Å². The molecule has 1 unspecified atom stereocenters. The van der Waals surface area contributed by atoms with Gasteiger partial charge in [-0.1, -0.05) is 254 Å². The molecule has 0 aromatic heterocycles. The quantitative estimate of drug-likeness (QED) is 0.0261. The first kappa shape index (κ1) is 69.6. The zero-order valence-electron chi connectivity index (χ0n) is 48.1. The van der Waals surface area contributed by atoms with Crippen LogP contribution in [0.25, 0.3) is 0 Å². The van der Waals surface area contributed by atoms with E-state index in [1.54, 1.807) is 0 Å². The molecule has 0 saturated carbocycles. The molecule has 0 aromatic rings. The third kappa shape index (κ3) is 59.3. The molecule has 0 aliphatic rings. The van der Waals surface area contributed by atoms with E-state index in [1.165, 1.54) is 148 Å². The molecule has 0 aromatic carbocycles. The summed E-state index contributed by atoms with van der Waals surface area (Å²) in [7, 11) is 0. The van der Waals surface area contributed by atoms with Crippen LogP contribution in [0.3, 0.4) is 0 Å². The number of unbranched alkanes of at least 4 members (excludes halogenated alkanes) is 31. The van der Waals surface area contributed by atoms with Crippen molar-refractivity contribution in [3.63, 3.8) is 0 Å². The van der Waals surface area contributed by atoms with Crippen LogP contribution in [0.5, 0.6) is 0 Å². The van der Waals surface area contributed by atoms with Crippen molar-refractivity contribution in [3.05, 3.63) is 85.1 Å². The highest BCUT2D eigenvalue weighted by Gasteiger charge is 2.19. The second kappa shape index (κ2) is 61.1. The molecule has 0 heterocycles. The largest absolute Gasteiger partial charge is 0.462 e. The van der Waals surface area contributed by atoms with Crippen LogP contribution in [0, 0.1) is 0 Å². The first-order chi connectivity index (χ1) is 36.0. The van der Waals surface area contributed by atoms with E-state index in [4.69, 9.17) is 14.2 Å². The fourth-order valence-corrected chi connectivity index (χ4v) is 8.69. The average molecular weight is 1020 g/mol. The molecule has 6 heteroatoms. The number of hydrogen-bond acceptors (Lipinski definition) is 6. The minimum Gasteiger partial charge on any atom is -0.462 e. The summed E-state index contributed by atoms with van der Waals surface area (Å²) < 4.78 is 16.9. The fourth-order valence-electron chi connectivity index (χ4n) is 8.69. The van der Waals surface area contributed by atoms with Crippen molar-refractivity contribution < 1.29 is 28.6 Å². The van der Waals surface area contributed by atoms with Crippen LogP contribution in [0.15, 0.2) is 85.1 Å². The van der Waals surface area contributed by atoms with Crippen LogP contribution in [0.4, 0.5) is 0 Å². The molecule has 0 spiro atoms. The lowest BCUT2D eigenvalue weighted by Crippen LogP contribution is -2.30. The van der Waals surface area contributed by atoms with Crippen LogP contribution < -0.4 is 0 Å². The molecule has 0 saturated heterocycles. The Bertz CT molecular complexity index is 1400. The highest BCUT2D eigenvalue weighted by molar-refractivity contribution is 5.71. The predicted molar refractivity (Wildman–Crippen MR) is 316 cm³/mol. The maximum atomic E-state index is 12.9. The number of rotatable bonds is 56. The van der Waals surface area contributed by atoms with Gasteiger partial charge in [0.25, 0.3) is 0 Å². The summed E-state index contributed by atoms with van der Waals surface area (Å²) in [5, 5.41) is 0. The molecule has 0 bridgehead atoms. The van der Waals surface area contributed by atoms with E-state index < -0.39 is 6.10 Å². The Morgan fingerprint density at radius 3 is 0.877 bits per heavy atom. The van der Waals surface area contributed by atoms with E-state index in [-0.39, 0.29) is 31.1 Å². The highest BCUT2D eigenvalue weighted by atomic mass is 16.6. The summed E-state index contributed by atoms with van der Waals surface area (Å²) in [4.78, 5) is 38.2. The van der Waals surface area contributed by atoms with Gasteiger partial charge in [0.1, 0.15) is 13.2 Å². The predicted octanol–water partition coefficient (Wildman–Crippen LogP) is 21.1. The smallest absolute Gasteiger partial charge is 0.306 e. The lowest BCUT2D eigenvalue weighted by Gasteiger charge is -2.18. The lowest BCUT2D eigenvalue weighted by atomic mass is 10.0. The number of carbonyl (C=O) groups is 3. The molecular weight excluding hydrogens is 901 g/mol. The van der Waals surface area contributed by atoms with Crippen LogP contribution in [0.2, 0.25) is 0 Å². The number of hydrogen-bond donors (Lipinski definition) is 0. The summed E-state index contributed by atoms with van der Waals surface area (Å²) in [6, 6.07) is 0. The van der Waals surface area contributed by atoms with Gasteiger partial charge in [-0.05, 0) is 116 Å². The number of carbonyl (C=O) groups excluding carboxylic acids is 3. The van der Waals surface area contributed by atoms with Gasteiger partial charge in [0.2, 0.25) is 0 Å². The Hall–Kier alpha value is -3.41. The van der Waals surface area contributed by atoms with Gasteiger partial charge in [0.05, 0.1) is 0 Å². The van der Waals surface area contributed by atoms with Crippen molar-refractivity contribution in [1.82, 2.24) is 0 Å². The SMILES string of the molecule is CC/C=C\C/C=C\C/C=C\C/C=C\CCCCCCCCCCCCCCCCC(=O)OCC(COC(=O)CCCCCCC/C=C\CCCCC)OC(=O)CCCCCCC/C=C\C/C=C\CCCCCC. The Kier molecular flexibility index (Phi) is 58.3. The van der Waals surface area contributed by atoms with Gasteiger partial charge >= 0.3 is 17.9 Å². The van der Waals surface area contributed by atoms with Gasteiger partial charge in [-0.15, -0.1) is 0 Å². The highest BCUT2D eigenvalue weighted by Crippen LogP contribution is 2.16. The summed E-state index contributed by atoms with van der Waals surface area (Å²) >= 11 is 0. The third-order valence-corrected chi connectivity index (χ3v) is 13.4. The third-order valence-electron chi connectivity index (χ3n) is 13.4. The lowest BCUT2D eigenvalue weighted by molar-refractivity contribution is -0.167. The van der Waals surface area contributed by atoms with E-state index in [2.05, 4.69) is 106 Å². The molecule has 0 rings (SSSR count). The van der Waals surface area contributed by atoms with E-state index in [0.29, 0.717) is 19.3 Å². The van der Waals surface area contributed by atoms with Crippen molar-refractivity contribution in [3.8, 4) is 0 Å². The zero-order chi connectivity index (χ0) is 52.9. The number of esters is 3. The Labute approximate surface area is 452 Å². The maximum Gasteiger partial charge on any atom is 0.306 e.